The molecule has 0 saturated carbocycles. The number of thioether (sulfide) groups is 2. The number of aryl methyl sites for hydroxylation is 2. The van der Waals surface area contributed by atoms with Gasteiger partial charge in [0.05, 0.1) is 41.7 Å². The molecule has 8 aromatic carbocycles. The van der Waals surface area contributed by atoms with Crippen LogP contribution in [0, 0.1) is 0 Å². The first-order valence-electron chi connectivity index (χ1n) is 25.4. The quantitative estimate of drug-likeness (QED) is 0.113. The minimum atomic E-state index is -0.556. The number of nitrogens with zero attached hydrogens (tertiary/aromatic N) is 4. The third-order valence-electron chi connectivity index (χ3n) is 15.9. The molecule has 2 aliphatic rings. The fourth-order valence-electron chi connectivity index (χ4n) is 12.6. The molecule has 0 atom stereocenters. The Morgan fingerprint density at radius 3 is 1.16 bits per heavy atom. The predicted molar refractivity (Wildman–Crippen MR) is 322 cm³/mol. The van der Waals surface area contributed by atoms with Crippen molar-refractivity contribution in [2.45, 2.75) is 42.1 Å². The Labute approximate surface area is 453 Å². The number of hydrogen-bond acceptors (Lipinski definition) is 8. The van der Waals surface area contributed by atoms with Gasteiger partial charge in [-0.15, -0.1) is 46.2 Å². The molecule has 0 unspecified atom stereocenters. The zero-order valence-electron chi connectivity index (χ0n) is 42.5. The summed E-state index contributed by atoms with van der Waals surface area (Å²) in [6.07, 6.45) is 4.30. The van der Waals surface area contributed by atoms with E-state index in [1.165, 1.54) is 96.5 Å². The molecule has 368 valence electrons. The number of ether oxygens (including phenoxy) is 2. The molecule has 4 heterocycles. The standard InChI is InChI=1S/C65H52N4O2S4/c1-7-66-59-35-43(15-25-51(59)53-27-21-47(72-5)37-61(53)66)68(39-9-17-45(70-3)18-10-39)41-13-23-49-50-24-14-42(34-58(50)65(57(49)33-41)55-29-31-74-63(55)64-56(65)30-32-75-64)69(40-11-19-46(71-4)20-12-40)44-16-26-52-54-28-22-48(73-6)38-62(54)67(8-2)60(52)36-44/h9-38H,7-8H2,1-6H3. The molecule has 10 heteroatoms. The second-order valence-electron chi connectivity index (χ2n) is 19.3. The van der Waals surface area contributed by atoms with Crippen LogP contribution in [0.2, 0.25) is 0 Å². The van der Waals surface area contributed by atoms with Crippen LogP contribution in [0.5, 0.6) is 11.5 Å². The Kier molecular flexibility index (Phi) is 11.0. The van der Waals surface area contributed by atoms with Crippen molar-refractivity contribution in [2.75, 3.05) is 36.5 Å². The highest BCUT2D eigenvalue weighted by Crippen LogP contribution is 2.66. The van der Waals surface area contributed by atoms with E-state index in [0.29, 0.717) is 0 Å². The van der Waals surface area contributed by atoms with E-state index in [-0.39, 0.29) is 0 Å². The van der Waals surface area contributed by atoms with Gasteiger partial charge in [0, 0.05) is 88.3 Å². The van der Waals surface area contributed by atoms with E-state index in [9.17, 15) is 0 Å². The maximum absolute atomic E-state index is 5.72. The first-order valence-corrected chi connectivity index (χ1v) is 29.6. The second kappa shape index (κ2) is 17.9. The topological polar surface area (TPSA) is 34.8 Å². The summed E-state index contributed by atoms with van der Waals surface area (Å²) in [5.74, 6) is 1.65. The molecule has 0 N–H and O–H groups in total. The van der Waals surface area contributed by atoms with Gasteiger partial charge < -0.3 is 28.4 Å². The van der Waals surface area contributed by atoms with Crippen LogP contribution in [0.15, 0.2) is 190 Å². The molecule has 0 radical (unpaired) electrons. The summed E-state index contributed by atoms with van der Waals surface area (Å²) >= 11 is 7.30. The van der Waals surface area contributed by atoms with Gasteiger partial charge in [-0.25, -0.2) is 0 Å². The van der Waals surface area contributed by atoms with Crippen LogP contribution in [0.1, 0.15) is 36.1 Å². The third-order valence-corrected chi connectivity index (χ3v) is 19.3. The lowest BCUT2D eigenvalue weighted by Crippen LogP contribution is -2.26. The normalized spacial score (nSPS) is 13.0. The number of methoxy groups -OCH3 is 2. The number of benzene rings is 8. The number of rotatable bonds is 12. The Hall–Kier alpha value is -7.34. The number of hydrogen-bond donors (Lipinski definition) is 0. The molecule has 0 saturated heterocycles. The predicted octanol–water partition coefficient (Wildman–Crippen LogP) is 18.8. The van der Waals surface area contributed by atoms with Crippen LogP contribution in [0.4, 0.5) is 34.1 Å². The van der Waals surface area contributed by atoms with E-state index in [0.717, 1.165) is 58.7 Å². The molecule has 12 aromatic rings. The number of aromatic nitrogens is 2. The molecule has 0 bridgehead atoms. The summed E-state index contributed by atoms with van der Waals surface area (Å²) < 4.78 is 16.4. The molecule has 75 heavy (non-hydrogen) atoms. The molecule has 0 fully saturated rings. The Bertz CT molecular complexity index is 3970. The van der Waals surface area contributed by atoms with E-state index < -0.39 is 5.41 Å². The van der Waals surface area contributed by atoms with Crippen molar-refractivity contribution in [3.05, 3.63) is 203 Å². The van der Waals surface area contributed by atoms with Gasteiger partial charge in [0.15, 0.2) is 0 Å². The van der Waals surface area contributed by atoms with Gasteiger partial charge in [0.25, 0.3) is 0 Å². The van der Waals surface area contributed by atoms with Crippen LogP contribution in [-0.4, -0.2) is 35.9 Å². The van der Waals surface area contributed by atoms with E-state index in [2.05, 4.69) is 226 Å². The molecule has 14 rings (SSSR count). The number of anilines is 6. The third kappa shape index (κ3) is 6.79. The Morgan fingerprint density at radius 2 is 0.773 bits per heavy atom. The van der Waals surface area contributed by atoms with Gasteiger partial charge >= 0.3 is 0 Å². The molecule has 2 aliphatic carbocycles. The van der Waals surface area contributed by atoms with E-state index in [4.69, 9.17) is 9.47 Å². The summed E-state index contributed by atoms with van der Waals surface area (Å²) in [6.45, 7) is 6.24. The van der Waals surface area contributed by atoms with Crippen molar-refractivity contribution in [1.29, 1.82) is 0 Å². The van der Waals surface area contributed by atoms with Crippen LogP contribution in [0.25, 0.3) is 64.5 Å². The lowest BCUT2D eigenvalue weighted by molar-refractivity contribution is 0.414. The largest absolute Gasteiger partial charge is 0.497 e. The number of thiophene rings is 2. The summed E-state index contributed by atoms with van der Waals surface area (Å²) in [5, 5.41) is 9.68. The first kappa shape index (κ1) is 46.2. The van der Waals surface area contributed by atoms with Gasteiger partial charge in [-0.1, -0.05) is 36.4 Å². The molecular weight excluding hydrogens is 997 g/mol. The minimum Gasteiger partial charge on any atom is -0.497 e. The Morgan fingerprint density at radius 1 is 0.413 bits per heavy atom. The van der Waals surface area contributed by atoms with Gasteiger partial charge in [-0.3, -0.25) is 0 Å². The van der Waals surface area contributed by atoms with Gasteiger partial charge in [0.1, 0.15) is 11.5 Å². The zero-order valence-corrected chi connectivity index (χ0v) is 45.7. The van der Waals surface area contributed by atoms with Crippen LogP contribution < -0.4 is 19.3 Å². The summed E-state index contributed by atoms with van der Waals surface area (Å²) in [7, 11) is 3.47. The zero-order chi connectivity index (χ0) is 50.7. The highest BCUT2D eigenvalue weighted by molar-refractivity contribution is 7.98. The van der Waals surface area contributed by atoms with E-state index >= 15 is 0 Å². The van der Waals surface area contributed by atoms with Crippen molar-refractivity contribution in [3.63, 3.8) is 0 Å². The highest BCUT2D eigenvalue weighted by Gasteiger charge is 2.53. The van der Waals surface area contributed by atoms with Crippen LogP contribution in [-0.2, 0) is 18.5 Å². The van der Waals surface area contributed by atoms with Gasteiger partial charge in [0.2, 0.25) is 0 Å². The van der Waals surface area contributed by atoms with Crippen molar-refractivity contribution in [2.24, 2.45) is 0 Å². The number of fused-ring (bicyclic) bond motifs is 16. The highest BCUT2D eigenvalue weighted by atomic mass is 32.2. The van der Waals surface area contributed by atoms with Gasteiger partial charge in [-0.2, -0.15) is 0 Å². The summed E-state index contributed by atoms with van der Waals surface area (Å²) in [4.78, 5) is 10.1. The van der Waals surface area contributed by atoms with Crippen LogP contribution >= 0.6 is 46.2 Å². The van der Waals surface area contributed by atoms with Gasteiger partial charge in [-0.05, 0) is 204 Å². The summed E-state index contributed by atoms with van der Waals surface area (Å²) in [5.41, 5.74) is 18.7. The van der Waals surface area contributed by atoms with E-state index in [1.54, 1.807) is 37.7 Å². The molecule has 0 aliphatic heterocycles. The minimum absolute atomic E-state index is 0.556. The molecule has 0 amide bonds. The van der Waals surface area contributed by atoms with E-state index in [1.807, 2.05) is 22.7 Å². The summed E-state index contributed by atoms with van der Waals surface area (Å²) in [6, 6.07) is 64.0. The lowest BCUT2D eigenvalue weighted by atomic mass is 9.71. The SMILES string of the molecule is CCn1c2cc(SC)ccc2c2ccc(N(c3ccc(OC)cc3)c3ccc4c(c3)C3(c5cc(N(c6ccc(OC)cc6)c6ccc7c8ccc(SC)cc8n(CC)c7c6)ccc5-4)c4ccsc4-c4sccc43)cc21. The maximum atomic E-state index is 5.72. The fourth-order valence-corrected chi connectivity index (χ4v) is 15.5. The smallest absolute Gasteiger partial charge is 0.119 e. The van der Waals surface area contributed by atoms with Crippen LogP contribution in [0.3, 0.4) is 0 Å². The molecule has 6 nitrogen and oxygen atoms in total. The molecule has 4 aromatic heterocycles. The lowest BCUT2D eigenvalue weighted by Gasteiger charge is -2.32. The second-order valence-corrected chi connectivity index (χ2v) is 22.9. The average molecular weight is 1050 g/mol. The van der Waals surface area contributed by atoms with Crippen molar-refractivity contribution >= 4 is 124 Å². The average Bonchev–Trinajstić information content (AvgIpc) is 4.34. The first-order chi connectivity index (χ1) is 36.9. The monoisotopic (exact) mass is 1050 g/mol. The van der Waals surface area contributed by atoms with Crippen molar-refractivity contribution in [1.82, 2.24) is 9.13 Å². The maximum Gasteiger partial charge on any atom is 0.119 e. The van der Waals surface area contributed by atoms with Crippen molar-refractivity contribution in [3.8, 4) is 32.4 Å². The Balaban J connectivity index is 0.981. The van der Waals surface area contributed by atoms with Crippen molar-refractivity contribution < 1.29 is 9.47 Å². The molecular formula is C65H52N4O2S4. The molecule has 1 spiro atoms. The fraction of sp³-hybridized carbons (Fsp3) is 0.138.